The third-order valence-corrected chi connectivity index (χ3v) is 3.52. The van der Waals surface area contributed by atoms with Crippen LogP contribution in [0.15, 0.2) is 5.51 Å². The third kappa shape index (κ3) is 1.08. The summed E-state index contributed by atoms with van der Waals surface area (Å²) < 4.78 is 0. The average molecular weight is 192 g/mol. The molecule has 3 nitrogen and oxygen atoms in total. The highest BCUT2D eigenvalue weighted by Crippen LogP contribution is 2.43. The zero-order chi connectivity index (χ0) is 9.47. The molecule has 0 unspecified atom stereocenters. The molecule has 0 bridgehead atoms. The Kier molecular flexibility index (Phi) is 1.70. The number of rotatable bonds is 1. The van der Waals surface area contributed by atoms with Crippen LogP contribution in [0.2, 0.25) is 0 Å². The van der Waals surface area contributed by atoms with Crippen LogP contribution in [0, 0.1) is 18.3 Å². The summed E-state index contributed by atoms with van der Waals surface area (Å²) in [5.74, 6) is 0.175. The summed E-state index contributed by atoms with van der Waals surface area (Å²) in [6.07, 6.45) is 0.735. The molecule has 0 radical (unpaired) electrons. The van der Waals surface area contributed by atoms with E-state index in [1.165, 1.54) is 11.3 Å². The van der Waals surface area contributed by atoms with Crippen molar-refractivity contribution in [2.75, 3.05) is 0 Å². The summed E-state index contributed by atoms with van der Waals surface area (Å²) in [6.45, 7) is 1.88. The Balaban J connectivity index is 2.41. The van der Waals surface area contributed by atoms with Crippen molar-refractivity contribution >= 4 is 17.1 Å². The molecule has 0 aliphatic heterocycles. The maximum atomic E-state index is 10.9. The van der Waals surface area contributed by atoms with Crippen LogP contribution in [0.25, 0.3) is 0 Å². The van der Waals surface area contributed by atoms with Gasteiger partial charge in [0, 0.05) is 17.7 Å². The third-order valence-electron chi connectivity index (χ3n) is 2.39. The van der Waals surface area contributed by atoms with Crippen molar-refractivity contribution in [2.45, 2.75) is 25.2 Å². The topological polar surface area (TPSA) is 53.8 Å². The van der Waals surface area contributed by atoms with Crippen molar-refractivity contribution in [3.05, 3.63) is 16.1 Å². The van der Waals surface area contributed by atoms with Gasteiger partial charge in [-0.15, -0.1) is 11.3 Å². The molecule has 0 aromatic carbocycles. The molecule has 66 valence electrons. The van der Waals surface area contributed by atoms with Gasteiger partial charge in [-0.3, -0.25) is 4.79 Å². The maximum Gasteiger partial charge on any atom is 0.136 e. The maximum absolute atomic E-state index is 10.9. The van der Waals surface area contributed by atoms with Crippen molar-refractivity contribution in [1.82, 2.24) is 4.98 Å². The number of Topliss-reactive ketones (excluding diaryl/α,β-unsaturated/α-hetero) is 1. The van der Waals surface area contributed by atoms with Gasteiger partial charge in [0.2, 0.25) is 0 Å². The molecule has 0 amide bonds. The molecule has 1 aliphatic carbocycles. The monoisotopic (exact) mass is 192 g/mol. The minimum Gasteiger partial charge on any atom is -0.300 e. The molecule has 2 rings (SSSR count). The first-order chi connectivity index (χ1) is 6.18. The molecular formula is C9H8N2OS. The Morgan fingerprint density at radius 2 is 2.38 bits per heavy atom. The van der Waals surface area contributed by atoms with Crippen molar-refractivity contribution in [3.63, 3.8) is 0 Å². The van der Waals surface area contributed by atoms with E-state index < -0.39 is 5.41 Å². The van der Waals surface area contributed by atoms with E-state index >= 15 is 0 Å². The smallest absolute Gasteiger partial charge is 0.136 e. The Hall–Kier alpha value is -1.21. The second kappa shape index (κ2) is 2.64. The van der Waals surface area contributed by atoms with Crippen molar-refractivity contribution < 1.29 is 4.79 Å². The van der Waals surface area contributed by atoms with Gasteiger partial charge >= 0.3 is 0 Å². The number of aromatic nitrogens is 1. The largest absolute Gasteiger partial charge is 0.300 e. The number of nitrogens with zero attached hydrogens (tertiary/aromatic N) is 2. The number of nitriles is 1. The van der Waals surface area contributed by atoms with Gasteiger partial charge in [-0.25, -0.2) is 4.98 Å². The minimum atomic E-state index is -0.539. The van der Waals surface area contributed by atoms with E-state index in [1.54, 1.807) is 5.51 Å². The molecular weight excluding hydrogens is 184 g/mol. The van der Waals surface area contributed by atoms with E-state index in [9.17, 15) is 4.79 Å². The normalized spacial score (nSPS) is 19.2. The number of carbonyl (C=O) groups excluding carboxylic acids is 1. The van der Waals surface area contributed by atoms with Crippen molar-refractivity contribution in [3.8, 4) is 6.07 Å². The predicted octanol–water partition coefficient (Wildman–Crippen LogP) is 1.58. The summed E-state index contributed by atoms with van der Waals surface area (Å²) in [4.78, 5) is 16.0. The van der Waals surface area contributed by atoms with Crippen LogP contribution < -0.4 is 0 Å². The molecule has 1 aromatic rings. The molecule has 13 heavy (non-hydrogen) atoms. The lowest BCUT2D eigenvalue weighted by Gasteiger charge is -2.32. The Morgan fingerprint density at radius 1 is 1.69 bits per heavy atom. The zero-order valence-electron chi connectivity index (χ0n) is 7.20. The van der Waals surface area contributed by atoms with Gasteiger partial charge in [-0.1, -0.05) is 0 Å². The summed E-state index contributed by atoms with van der Waals surface area (Å²) in [5, 5.41) is 9.03. The number of thiazole rings is 1. The van der Waals surface area contributed by atoms with Crippen molar-refractivity contribution in [2.24, 2.45) is 0 Å². The fourth-order valence-corrected chi connectivity index (χ4v) is 2.63. The van der Waals surface area contributed by atoms with E-state index in [1.807, 2.05) is 6.92 Å². The number of hydrogen-bond donors (Lipinski definition) is 0. The second-order valence-corrected chi connectivity index (χ2v) is 4.21. The van der Waals surface area contributed by atoms with Gasteiger partial charge in [0.05, 0.1) is 17.3 Å². The van der Waals surface area contributed by atoms with Gasteiger partial charge in [0.1, 0.15) is 11.2 Å². The molecule has 1 saturated carbocycles. The molecule has 0 saturated heterocycles. The second-order valence-electron chi connectivity index (χ2n) is 3.35. The van der Waals surface area contributed by atoms with E-state index in [2.05, 4.69) is 11.1 Å². The first-order valence-electron chi connectivity index (χ1n) is 4.01. The standard InChI is InChI=1S/C9H8N2OS/c1-6-8(13-5-11-6)9(4-10)2-7(12)3-9/h5H,2-3H2,1H3. The lowest BCUT2D eigenvalue weighted by Crippen LogP contribution is -2.40. The van der Waals surface area contributed by atoms with Gasteiger partial charge in [-0.05, 0) is 6.92 Å². The van der Waals surface area contributed by atoms with Gasteiger partial charge < -0.3 is 0 Å². The number of carbonyl (C=O) groups is 1. The first-order valence-corrected chi connectivity index (χ1v) is 4.89. The average Bonchev–Trinajstić information content (AvgIpc) is 2.46. The van der Waals surface area contributed by atoms with Crippen LogP contribution in [0.4, 0.5) is 0 Å². The highest BCUT2D eigenvalue weighted by atomic mass is 32.1. The molecule has 1 heterocycles. The van der Waals surface area contributed by atoms with E-state index in [0.29, 0.717) is 12.8 Å². The van der Waals surface area contributed by atoms with Gasteiger partial charge in [0.15, 0.2) is 0 Å². The van der Waals surface area contributed by atoms with E-state index in [4.69, 9.17) is 5.26 Å². The minimum absolute atomic E-state index is 0.175. The molecule has 4 heteroatoms. The lowest BCUT2D eigenvalue weighted by atomic mass is 9.67. The van der Waals surface area contributed by atoms with E-state index in [-0.39, 0.29) is 5.78 Å². The molecule has 1 fully saturated rings. The van der Waals surface area contributed by atoms with Crippen LogP contribution in [-0.4, -0.2) is 10.8 Å². The molecule has 1 aliphatic rings. The Labute approximate surface area is 80.0 Å². The summed E-state index contributed by atoms with van der Waals surface area (Å²) in [7, 11) is 0. The van der Waals surface area contributed by atoms with E-state index in [0.717, 1.165) is 10.6 Å². The van der Waals surface area contributed by atoms with Crippen LogP contribution in [0.1, 0.15) is 23.4 Å². The lowest BCUT2D eigenvalue weighted by molar-refractivity contribution is -0.126. The highest BCUT2D eigenvalue weighted by Gasteiger charge is 2.47. The fourth-order valence-electron chi connectivity index (χ4n) is 1.67. The number of hydrogen-bond acceptors (Lipinski definition) is 4. The number of ketones is 1. The zero-order valence-corrected chi connectivity index (χ0v) is 8.02. The number of aryl methyl sites for hydroxylation is 1. The summed E-state index contributed by atoms with van der Waals surface area (Å²) >= 11 is 1.47. The first kappa shape index (κ1) is 8.39. The molecule has 0 N–H and O–H groups in total. The molecule has 1 aromatic heterocycles. The van der Waals surface area contributed by atoms with Crippen LogP contribution in [0.5, 0.6) is 0 Å². The van der Waals surface area contributed by atoms with Crippen LogP contribution >= 0.6 is 11.3 Å². The van der Waals surface area contributed by atoms with Crippen LogP contribution in [0.3, 0.4) is 0 Å². The summed E-state index contributed by atoms with van der Waals surface area (Å²) in [6, 6.07) is 2.24. The SMILES string of the molecule is Cc1ncsc1C1(C#N)CC(=O)C1. The van der Waals surface area contributed by atoms with Gasteiger partial charge in [-0.2, -0.15) is 5.26 Å². The summed E-state index contributed by atoms with van der Waals surface area (Å²) in [5.41, 5.74) is 2.08. The van der Waals surface area contributed by atoms with Gasteiger partial charge in [0.25, 0.3) is 0 Å². The fraction of sp³-hybridized carbons (Fsp3) is 0.444. The molecule has 0 spiro atoms. The predicted molar refractivity (Wildman–Crippen MR) is 48.4 cm³/mol. The highest BCUT2D eigenvalue weighted by molar-refractivity contribution is 7.10. The molecule has 0 atom stereocenters. The Bertz CT molecular complexity index is 394. The quantitative estimate of drug-likeness (QED) is 0.678. The Morgan fingerprint density at radius 3 is 2.77 bits per heavy atom. The van der Waals surface area contributed by atoms with Crippen molar-refractivity contribution in [1.29, 1.82) is 5.26 Å². The van der Waals surface area contributed by atoms with Crippen LogP contribution in [-0.2, 0) is 10.2 Å².